The first kappa shape index (κ1) is 14.1. The lowest BCUT2D eigenvalue weighted by Crippen LogP contribution is -2.39. The Morgan fingerprint density at radius 3 is 2.80 bits per heavy atom. The van der Waals surface area contributed by atoms with Crippen molar-refractivity contribution in [2.75, 3.05) is 39.4 Å². The van der Waals surface area contributed by atoms with Crippen LogP contribution in [0.2, 0.25) is 0 Å². The highest BCUT2D eigenvalue weighted by Gasteiger charge is 2.09. The first-order valence-electron chi connectivity index (χ1n) is 5.43. The van der Waals surface area contributed by atoms with E-state index in [1.54, 1.807) is 11.0 Å². The first-order chi connectivity index (χ1) is 7.26. The predicted octanol–water partition coefficient (Wildman–Crippen LogP) is 0.647. The maximum absolute atomic E-state index is 11.6. The van der Waals surface area contributed by atoms with Crippen LogP contribution in [0.3, 0.4) is 0 Å². The largest absolute Gasteiger partial charge is 0.380 e. The second-order valence-electron chi connectivity index (χ2n) is 3.09. The molecular formula is C11H22N2O2. The summed E-state index contributed by atoms with van der Waals surface area (Å²) in [6.07, 6.45) is 1.74. The highest BCUT2D eigenvalue weighted by Crippen LogP contribution is 1.89. The van der Waals surface area contributed by atoms with Gasteiger partial charge in [-0.15, -0.1) is 6.58 Å². The fraction of sp³-hybridized carbons (Fsp3) is 0.727. The third-order valence-electron chi connectivity index (χ3n) is 2.01. The molecule has 0 saturated heterocycles. The Balaban J connectivity index is 3.72. The van der Waals surface area contributed by atoms with Crippen LogP contribution in [0, 0.1) is 0 Å². The van der Waals surface area contributed by atoms with Crippen molar-refractivity contribution in [2.24, 2.45) is 0 Å². The van der Waals surface area contributed by atoms with Crippen molar-refractivity contribution in [1.82, 2.24) is 10.2 Å². The summed E-state index contributed by atoms with van der Waals surface area (Å²) in [7, 11) is 0. The molecule has 1 amide bonds. The normalized spacial score (nSPS) is 10.0. The van der Waals surface area contributed by atoms with Crippen LogP contribution < -0.4 is 5.32 Å². The number of rotatable bonds is 9. The summed E-state index contributed by atoms with van der Waals surface area (Å²) in [5.41, 5.74) is 0. The molecule has 0 aliphatic heterocycles. The molecule has 88 valence electrons. The number of nitrogens with zero attached hydrogens (tertiary/aromatic N) is 1. The van der Waals surface area contributed by atoms with Gasteiger partial charge in [-0.25, -0.2) is 0 Å². The van der Waals surface area contributed by atoms with Gasteiger partial charge in [0, 0.05) is 26.2 Å². The monoisotopic (exact) mass is 214 g/mol. The van der Waals surface area contributed by atoms with Crippen molar-refractivity contribution in [3.8, 4) is 0 Å². The van der Waals surface area contributed by atoms with Crippen LogP contribution in [0.5, 0.6) is 0 Å². The molecule has 15 heavy (non-hydrogen) atoms. The molecule has 0 bridgehead atoms. The summed E-state index contributed by atoms with van der Waals surface area (Å²) in [5, 5.41) is 2.99. The molecule has 0 aliphatic carbocycles. The molecule has 0 atom stereocenters. The van der Waals surface area contributed by atoms with Crippen LogP contribution in [0.15, 0.2) is 12.7 Å². The van der Waals surface area contributed by atoms with Crippen molar-refractivity contribution in [3.05, 3.63) is 12.7 Å². The molecule has 0 rings (SSSR count). The molecule has 0 radical (unpaired) electrons. The van der Waals surface area contributed by atoms with Gasteiger partial charge in [0.25, 0.3) is 0 Å². The van der Waals surface area contributed by atoms with Crippen LogP contribution in [-0.2, 0) is 9.53 Å². The van der Waals surface area contributed by atoms with Gasteiger partial charge in [-0.2, -0.15) is 0 Å². The third kappa shape index (κ3) is 7.11. The van der Waals surface area contributed by atoms with Crippen molar-refractivity contribution in [3.63, 3.8) is 0 Å². The van der Waals surface area contributed by atoms with Gasteiger partial charge in [0.2, 0.25) is 5.91 Å². The van der Waals surface area contributed by atoms with E-state index < -0.39 is 0 Å². The number of ether oxygens (including phenoxy) is 1. The fourth-order valence-corrected chi connectivity index (χ4v) is 1.17. The molecule has 0 spiro atoms. The summed E-state index contributed by atoms with van der Waals surface area (Å²) in [6, 6.07) is 0. The number of carbonyl (C=O) groups is 1. The Kier molecular flexibility index (Phi) is 9.11. The van der Waals surface area contributed by atoms with Crippen molar-refractivity contribution >= 4 is 5.91 Å². The summed E-state index contributed by atoms with van der Waals surface area (Å²) in [4.78, 5) is 13.4. The fourth-order valence-electron chi connectivity index (χ4n) is 1.17. The van der Waals surface area contributed by atoms with E-state index in [1.807, 2.05) is 13.8 Å². The minimum Gasteiger partial charge on any atom is -0.380 e. The number of hydrogen-bond acceptors (Lipinski definition) is 3. The van der Waals surface area contributed by atoms with Crippen LogP contribution in [0.1, 0.15) is 13.8 Å². The molecule has 0 aliphatic rings. The topological polar surface area (TPSA) is 41.6 Å². The zero-order chi connectivity index (χ0) is 11.5. The Morgan fingerprint density at radius 2 is 2.27 bits per heavy atom. The van der Waals surface area contributed by atoms with E-state index in [0.717, 1.165) is 6.54 Å². The number of nitrogens with one attached hydrogen (secondary N) is 1. The summed E-state index contributed by atoms with van der Waals surface area (Å²) < 4.78 is 5.21. The van der Waals surface area contributed by atoms with Gasteiger partial charge in [0.05, 0.1) is 13.2 Å². The maximum Gasteiger partial charge on any atom is 0.236 e. The Hall–Kier alpha value is -0.870. The minimum absolute atomic E-state index is 0.110. The SMILES string of the molecule is C=CCNCC(=O)N(CC)CCOCC. The molecular weight excluding hydrogens is 192 g/mol. The van der Waals surface area contributed by atoms with E-state index in [4.69, 9.17) is 4.74 Å². The summed E-state index contributed by atoms with van der Waals surface area (Å²) >= 11 is 0. The summed E-state index contributed by atoms with van der Waals surface area (Å²) in [6.45, 7) is 11.2. The number of likely N-dealkylation sites (N-methyl/N-ethyl adjacent to an activating group) is 1. The Morgan fingerprint density at radius 1 is 1.53 bits per heavy atom. The lowest BCUT2D eigenvalue weighted by molar-refractivity contribution is -0.130. The van der Waals surface area contributed by atoms with Gasteiger partial charge in [-0.3, -0.25) is 4.79 Å². The number of hydrogen-bond donors (Lipinski definition) is 1. The van der Waals surface area contributed by atoms with Crippen molar-refractivity contribution in [1.29, 1.82) is 0 Å². The molecule has 0 fully saturated rings. The smallest absolute Gasteiger partial charge is 0.236 e. The molecule has 1 N–H and O–H groups in total. The first-order valence-corrected chi connectivity index (χ1v) is 5.43. The predicted molar refractivity (Wildman–Crippen MR) is 61.8 cm³/mol. The van der Waals surface area contributed by atoms with Gasteiger partial charge in [0.1, 0.15) is 0 Å². The van der Waals surface area contributed by atoms with Crippen LogP contribution >= 0.6 is 0 Å². The highest BCUT2D eigenvalue weighted by atomic mass is 16.5. The van der Waals surface area contributed by atoms with E-state index in [-0.39, 0.29) is 5.91 Å². The van der Waals surface area contributed by atoms with Crippen molar-refractivity contribution < 1.29 is 9.53 Å². The maximum atomic E-state index is 11.6. The lowest BCUT2D eigenvalue weighted by atomic mass is 10.4. The standard InChI is InChI=1S/C11H22N2O2/c1-4-7-12-10-11(14)13(5-2)8-9-15-6-3/h4,12H,1,5-10H2,2-3H3. The molecule has 4 heteroatoms. The van der Waals surface area contributed by atoms with E-state index in [2.05, 4.69) is 11.9 Å². The van der Waals surface area contributed by atoms with Gasteiger partial charge in [0.15, 0.2) is 0 Å². The molecule has 0 unspecified atom stereocenters. The average Bonchev–Trinajstić information content (AvgIpc) is 2.24. The lowest BCUT2D eigenvalue weighted by Gasteiger charge is -2.20. The van der Waals surface area contributed by atoms with Crippen molar-refractivity contribution in [2.45, 2.75) is 13.8 Å². The second kappa shape index (κ2) is 9.68. The van der Waals surface area contributed by atoms with E-state index >= 15 is 0 Å². The van der Waals surface area contributed by atoms with Gasteiger partial charge < -0.3 is 15.0 Å². The summed E-state index contributed by atoms with van der Waals surface area (Å²) in [5.74, 6) is 0.110. The Labute approximate surface area is 92.3 Å². The second-order valence-corrected chi connectivity index (χ2v) is 3.09. The minimum atomic E-state index is 0.110. The van der Waals surface area contributed by atoms with E-state index in [9.17, 15) is 4.79 Å². The van der Waals surface area contributed by atoms with Gasteiger partial charge in [-0.1, -0.05) is 6.08 Å². The molecule has 0 heterocycles. The van der Waals surface area contributed by atoms with E-state index in [0.29, 0.717) is 32.8 Å². The number of amides is 1. The third-order valence-corrected chi connectivity index (χ3v) is 2.01. The Bertz CT molecular complexity index is 183. The van der Waals surface area contributed by atoms with Gasteiger partial charge >= 0.3 is 0 Å². The van der Waals surface area contributed by atoms with Crippen LogP contribution in [-0.4, -0.2) is 50.2 Å². The highest BCUT2D eigenvalue weighted by molar-refractivity contribution is 5.78. The van der Waals surface area contributed by atoms with E-state index in [1.165, 1.54) is 0 Å². The molecule has 0 aromatic heterocycles. The number of carbonyl (C=O) groups excluding carboxylic acids is 1. The molecule has 0 aromatic rings. The molecule has 4 nitrogen and oxygen atoms in total. The molecule has 0 aromatic carbocycles. The van der Waals surface area contributed by atoms with Crippen LogP contribution in [0.4, 0.5) is 0 Å². The average molecular weight is 214 g/mol. The van der Waals surface area contributed by atoms with Gasteiger partial charge in [-0.05, 0) is 13.8 Å². The zero-order valence-corrected chi connectivity index (χ0v) is 9.79. The zero-order valence-electron chi connectivity index (χ0n) is 9.79. The van der Waals surface area contributed by atoms with Crippen LogP contribution in [0.25, 0.3) is 0 Å². The molecule has 0 saturated carbocycles. The quantitative estimate of drug-likeness (QED) is 0.452.